The fraction of sp³-hybridized carbons (Fsp3) is 0.357. The van der Waals surface area contributed by atoms with Crippen LogP contribution in [0.25, 0.3) is 11.1 Å². The molecule has 3 rings (SSSR count). The van der Waals surface area contributed by atoms with Gasteiger partial charge in [0.15, 0.2) is 0 Å². The van der Waals surface area contributed by atoms with Crippen molar-refractivity contribution in [2.75, 3.05) is 6.54 Å². The molecule has 2 heterocycles. The second-order valence-electron chi connectivity index (χ2n) is 4.76. The van der Waals surface area contributed by atoms with E-state index in [1.54, 1.807) is 0 Å². The SMILES string of the molecule is Cn1cc(-c2ccc(Br)cc2)c(C2CCCN2)n1. The molecule has 0 spiro atoms. The van der Waals surface area contributed by atoms with E-state index < -0.39 is 0 Å². The van der Waals surface area contributed by atoms with E-state index in [0.717, 1.165) is 11.0 Å². The van der Waals surface area contributed by atoms with Crippen LogP contribution in [0.2, 0.25) is 0 Å². The molecular formula is C14H16BrN3. The molecule has 1 fully saturated rings. The van der Waals surface area contributed by atoms with E-state index in [1.807, 2.05) is 11.7 Å². The van der Waals surface area contributed by atoms with E-state index in [2.05, 4.69) is 56.8 Å². The normalized spacial score (nSPS) is 19.3. The van der Waals surface area contributed by atoms with Crippen LogP contribution in [-0.2, 0) is 7.05 Å². The van der Waals surface area contributed by atoms with Gasteiger partial charge in [0.25, 0.3) is 0 Å². The first-order chi connectivity index (χ1) is 8.74. The Morgan fingerprint density at radius 3 is 2.78 bits per heavy atom. The van der Waals surface area contributed by atoms with Crippen LogP contribution in [0.3, 0.4) is 0 Å². The molecule has 1 saturated heterocycles. The molecule has 2 aromatic rings. The third-order valence-corrected chi connectivity index (χ3v) is 3.93. The second kappa shape index (κ2) is 4.86. The first kappa shape index (κ1) is 11.9. The molecule has 4 heteroatoms. The monoisotopic (exact) mass is 305 g/mol. The third-order valence-electron chi connectivity index (χ3n) is 3.40. The number of rotatable bonds is 2. The van der Waals surface area contributed by atoms with E-state index in [-0.39, 0.29) is 0 Å². The quantitative estimate of drug-likeness (QED) is 0.923. The zero-order valence-electron chi connectivity index (χ0n) is 10.4. The van der Waals surface area contributed by atoms with Gasteiger partial charge < -0.3 is 5.32 Å². The fourth-order valence-corrected chi connectivity index (χ4v) is 2.80. The number of aryl methyl sites for hydroxylation is 1. The summed E-state index contributed by atoms with van der Waals surface area (Å²) in [4.78, 5) is 0. The topological polar surface area (TPSA) is 29.9 Å². The zero-order valence-corrected chi connectivity index (χ0v) is 11.9. The van der Waals surface area contributed by atoms with Gasteiger partial charge in [0, 0.05) is 23.3 Å². The van der Waals surface area contributed by atoms with Gasteiger partial charge in [-0.25, -0.2) is 0 Å². The molecule has 18 heavy (non-hydrogen) atoms. The minimum atomic E-state index is 0.407. The Hall–Kier alpha value is -1.13. The summed E-state index contributed by atoms with van der Waals surface area (Å²) < 4.78 is 3.02. The van der Waals surface area contributed by atoms with Crippen LogP contribution in [0.5, 0.6) is 0 Å². The molecule has 0 amide bonds. The van der Waals surface area contributed by atoms with Crippen LogP contribution in [-0.4, -0.2) is 16.3 Å². The lowest BCUT2D eigenvalue weighted by atomic mass is 10.0. The van der Waals surface area contributed by atoms with Crippen LogP contribution in [0.4, 0.5) is 0 Å². The molecule has 1 aromatic carbocycles. The zero-order chi connectivity index (χ0) is 12.5. The smallest absolute Gasteiger partial charge is 0.0872 e. The van der Waals surface area contributed by atoms with E-state index >= 15 is 0 Å². The summed E-state index contributed by atoms with van der Waals surface area (Å²) in [5.41, 5.74) is 3.65. The maximum atomic E-state index is 4.63. The summed E-state index contributed by atoms with van der Waals surface area (Å²) in [6.07, 6.45) is 4.53. The maximum absolute atomic E-state index is 4.63. The molecule has 1 aliphatic rings. The van der Waals surface area contributed by atoms with Gasteiger partial charge in [-0.05, 0) is 37.1 Å². The molecule has 1 atom stereocenters. The molecule has 0 bridgehead atoms. The van der Waals surface area contributed by atoms with Gasteiger partial charge in [-0.15, -0.1) is 0 Å². The van der Waals surface area contributed by atoms with Crippen molar-refractivity contribution in [1.82, 2.24) is 15.1 Å². The van der Waals surface area contributed by atoms with Crippen molar-refractivity contribution in [3.63, 3.8) is 0 Å². The molecule has 1 N–H and O–H groups in total. The van der Waals surface area contributed by atoms with Crippen LogP contribution in [0.1, 0.15) is 24.6 Å². The van der Waals surface area contributed by atoms with Crippen LogP contribution in [0.15, 0.2) is 34.9 Å². The molecule has 94 valence electrons. The Kier molecular flexibility index (Phi) is 3.22. The molecular weight excluding hydrogens is 290 g/mol. The average Bonchev–Trinajstić information content (AvgIpc) is 2.98. The number of benzene rings is 1. The fourth-order valence-electron chi connectivity index (χ4n) is 2.53. The van der Waals surface area contributed by atoms with Crippen molar-refractivity contribution >= 4 is 15.9 Å². The van der Waals surface area contributed by atoms with E-state index in [1.165, 1.54) is 29.7 Å². The van der Waals surface area contributed by atoms with Gasteiger partial charge >= 0.3 is 0 Å². The first-order valence-corrected chi connectivity index (χ1v) is 7.06. The minimum absolute atomic E-state index is 0.407. The molecule has 0 saturated carbocycles. The Morgan fingerprint density at radius 2 is 2.11 bits per heavy atom. The Balaban J connectivity index is 2.02. The Bertz CT molecular complexity index is 539. The molecule has 3 nitrogen and oxygen atoms in total. The number of nitrogens with one attached hydrogen (secondary N) is 1. The maximum Gasteiger partial charge on any atom is 0.0872 e. The summed E-state index contributed by atoms with van der Waals surface area (Å²) in [6.45, 7) is 1.10. The van der Waals surface area contributed by atoms with Crippen molar-refractivity contribution in [1.29, 1.82) is 0 Å². The lowest BCUT2D eigenvalue weighted by Gasteiger charge is -2.09. The predicted octanol–water partition coefficient (Wildman–Crippen LogP) is 3.27. The second-order valence-corrected chi connectivity index (χ2v) is 5.67. The van der Waals surface area contributed by atoms with Crippen LogP contribution in [0, 0.1) is 0 Å². The highest BCUT2D eigenvalue weighted by Gasteiger charge is 2.22. The molecule has 1 aromatic heterocycles. The Labute approximate surface area is 115 Å². The summed E-state index contributed by atoms with van der Waals surface area (Å²) in [7, 11) is 1.99. The molecule has 0 radical (unpaired) electrons. The summed E-state index contributed by atoms with van der Waals surface area (Å²) in [5.74, 6) is 0. The highest BCUT2D eigenvalue weighted by Crippen LogP contribution is 2.31. The van der Waals surface area contributed by atoms with Crippen molar-refractivity contribution in [2.24, 2.45) is 7.05 Å². The average molecular weight is 306 g/mol. The lowest BCUT2D eigenvalue weighted by molar-refractivity contribution is 0.607. The van der Waals surface area contributed by atoms with E-state index in [0.29, 0.717) is 6.04 Å². The number of aromatic nitrogens is 2. The van der Waals surface area contributed by atoms with Crippen molar-refractivity contribution in [3.8, 4) is 11.1 Å². The number of halogens is 1. The molecule has 1 unspecified atom stereocenters. The minimum Gasteiger partial charge on any atom is -0.309 e. The van der Waals surface area contributed by atoms with Crippen LogP contribution >= 0.6 is 15.9 Å². The standard InChI is InChI=1S/C14H16BrN3/c1-18-9-12(10-4-6-11(15)7-5-10)14(17-18)13-3-2-8-16-13/h4-7,9,13,16H,2-3,8H2,1H3. The van der Waals surface area contributed by atoms with Crippen molar-refractivity contribution in [2.45, 2.75) is 18.9 Å². The Morgan fingerprint density at radius 1 is 1.33 bits per heavy atom. The van der Waals surface area contributed by atoms with Gasteiger partial charge in [-0.2, -0.15) is 5.10 Å². The number of hydrogen-bond donors (Lipinski definition) is 1. The van der Waals surface area contributed by atoms with Gasteiger partial charge in [0.05, 0.1) is 11.7 Å². The van der Waals surface area contributed by atoms with Crippen molar-refractivity contribution < 1.29 is 0 Å². The molecule has 0 aliphatic carbocycles. The summed E-state index contributed by atoms with van der Waals surface area (Å²) in [6, 6.07) is 8.84. The van der Waals surface area contributed by atoms with E-state index in [9.17, 15) is 0 Å². The van der Waals surface area contributed by atoms with Gasteiger partial charge in [-0.3, -0.25) is 4.68 Å². The van der Waals surface area contributed by atoms with Gasteiger partial charge in [0.1, 0.15) is 0 Å². The number of nitrogens with zero attached hydrogens (tertiary/aromatic N) is 2. The highest BCUT2D eigenvalue weighted by molar-refractivity contribution is 9.10. The van der Waals surface area contributed by atoms with Gasteiger partial charge in [0.2, 0.25) is 0 Å². The highest BCUT2D eigenvalue weighted by atomic mass is 79.9. The third kappa shape index (κ3) is 2.22. The summed E-state index contributed by atoms with van der Waals surface area (Å²) >= 11 is 3.47. The van der Waals surface area contributed by atoms with Gasteiger partial charge in [-0.1, -0.05) is 28.1 Å². The first-order valence-electron chi connectivity index (χ1n) is 6.27. The van der Waals surface area contributed by atoms with E-state index in [4.69, 9.17) is 0 Å². The van der Waals surface area contributed by atoms with Crippen molar-refractivity contribution in [3.05, 3.63) is 40.6 Å². The number of hydrogen-bond acceptors (Lipinski definition) is 2. The largest absolute Gasteiger partial charge is 0.309 e. The lowest BCUT2D eigenvalue weighted by Crippen LogP contribution is -2.14. The predicted molar refractivity (Wildman–Crippen MR) is 76.3 cm³/mol. The van der Waals surface area contributed by atoms with Crippen LogP contribution < -0.4 is 5.32 Å². The molecule has 1 aliphatic heterocycles. The summed E-state index contributed by atoms with van der Waals surface area (Å²) in [5, 5.41) is 8.16.